The summed E-state index contributed by atoms with van der Waals surface area (Å²) in [5, 5.41) is 13.7. The maximum absolute atomic E-state index is 12.6. The molecule has 0 aliphatic carbocycles. The normalized spacial score (nSPS) is 18.8. The molecule has 2 aliphatic heterocycles. The van der Waals surface area contributed by atoms with Gasteiger partial charge in [0.15, 0.2) is 0 Å². The van der Waals surface area contributed by atoms with Gasteiger partial charge in [-0.3, -0.25) is 14.8 Å². The molecule has 3 aromatic carbocycles. The van der Waals surface area contributed by atoms with E-state index in [2.05, 4.69) is 50.5 Å². The van der Waals surface area contributed by atoms with Crippen molar-refractivity contribution in [2.45, 2.75) is 31.3 Å². The number of pyridine rings is 1. The molecule has 6 rings (SSSR count). The number of piperazine rings is 1. The minimum Gasteiger partial charge on any atom is -0.353 e. The fourth-order valence-electron chi connectivity index (χ4n) is 5.10. The highest BCUT2D eigenvalue weighted by molar-refractivity contribution is 5.91. The van der Waals surface area contributed by atoms with Crippen molar-refractivity contribution in [3.8, 4) is 17.2 Å². The molecule has 2 atom stereocenters. The first-order valence-corrected chi connectivity index (χ1v) is 12.0. The van der Waals surface area contributed by atoms with Crippen LogP contribution in [0.4, 0.5) is 11.4 Å². The maximum Gasteiger partial charge on any atom is 0.240 e. The second-order valence-corrected chi connectivity index (χ2v) is 9.92. The van der Waals surface area contributed by atoms with Gasteiger partial charge in [-0.15, -0.1) is 0 Å². The number of carbonyl (C=O) groups is 1. The van der Waals surface area contributed by atoms with Crippen molar-refractivity contribution in [1.82, 2.24) is 10.3 Å². The molecule has 36 heavy (non-hydrogen) atoms. The zero-order chi connectivity index (χ0) is 24.9. The summed E-state index contributed by atoms with van der Waals surface area (Å²) in [5.74, 6) is -0.0394. The van der Waals surface area contributed by atoms with Gasteiger partial charge in [-0.05, 0) is 61.4 Å². The van der Waals surface area contributed by atoms with Crippen LogP contribution in [0.5, 0.6) is 0 Å². The number of aliphatic imine (C=N–C) groups is 1. The molecule has 0 bridgehead atoms. The van der Waals surface area contributed by atoms with Gasteiger partial charge >= 0.3 is 0 Å². The molecule has 2 unspecified atom stereocenters. The van der Waals surface area contributed by atoms with Crippen LogP contribution in [-0.2, 0) is 10.2 Å². The van der Waals surface area contributed by atoms with Crippen molar-refractivity contribution in [3.63, 3.8) is 0 Å². The van der Waals surface area contributed by atoms with E-state index in [1.807, 2.05) is 74.8 Å². The Bertz CT molecular complexity index is 1560. The predicted molar refractivity (Wildman–Crippen MR) is 142 cm³/mol. The second kappa shape index (κ2) is 8.31. The molecule has 176 valence electrons. The first kappa shape index (κ1) is 22.0. The number of carbonyl (C=O) groups excluding carboxylic acids is 1. The fourth-order valence-corrected chi connectivity index (χ4v) is 5.10. The van der Waals surface area contributed by atoms with Crippen LogP contribution in [-0.4, -0.2) is 29.7 Å². The van der Waals surface area contributed by atoms with Gasteiger partial charge in [0.2, 0.25) is 5.91 Å². The summed E-state index contributed by atoms with van der Waals surface area (Å²) in [7, 11) is 0. The molecule has 3 heterocycles. The van der Waals surface area contributed by atoms with Crippen LogP contribution in [0.25, 0.3) is 22.0 Å². The molecule has 0 radical (unpaired) electrons. The Morgan fingerprint density at radius 1 is 1.03 bits per heavy atom. The lowest BCUT2D eigenvalue weighted by atomic mass is 9.86. The van der Waals surface area contributed by atoms with Gasteiger partial charge < -0.3 is 10.2 Å². The number of nitrogens with zero attached hydrogens (tertiary/aromatic N) is 4. The van der Waals surface area contributed by atoms with Gasteiger partial charge in [0.25, 0.3) is 0 Å². The summed E-state index contributed by atoms with van der Waals surface area (Å²) in [4.78, 5) is 24.1. The average molecular weight is 472 g/mol. The fraction of sp³-hybridized carbons (Fsp3) is 0.200. The lowest BCUT2D eigenvalue weighted by Gasteiger charge is -2.43. The van der Waals surface area contributed by atoms with Gasteiger partial charge in [-0.1, -0.05) is 36.4 Å². The van der Waals surface area contributed by atoms with E-state index < -0.39 is 5.41 Å². The maximum atomic E-state index is 12.6. The number of fused-ring (bicyclic) bond motifs is 4. The van der Waals surface area contributed by atoms with E-state index in [9.17, 15) is 10.1 Å². The third-order valence-electron chi connectivity index (χ3n) is 7.16. The highest BCUT2D eigenvalue weighted by Gasteiger charge is 2.38. The highest BCUT2D eigenvalue weighted by Crippen LogP contribution is 2.41. The van der Waals surface area contributed by atoms with Gasteiger partial charge in [0.1, 0.15) is 0 Å². The van der Waals surface area contributed by atoms with Crippen molar-refractivity contribution < 1.29 is 4.79 Å². The molecule has 1 amide bonds. The molecule has 1 N–H and O–H groups in total. The topological polar surface area (TPSA) is 81.4 Å². The molecular formula is C30H25N5O. The van der Waals surface area contributed by atoms with E-state index in [4.69, 9.17) is 0 Å². The third kappa shape index (κ3) is 3.70. The van der Waals surface area contributed by atoms with Crippen LogP contribution < -0.4 is 10.2 Å². The predicted octanol–water partition coefficient (Wildman–Crippen LogP) is 5.46. The Kier molecular flexibility index (Phi) is 5.08. The van der Waals surface area contributed by atoms with Crippen LogP contribution in [0.15, 0.2) is 84.0 Å². The molecule has 6 nitrogen and oxygen atoms in total. The minimum absolute atomic E-state index is 0.0394. The summed E-state index contributed by atoms with van der Waals surface area (Å²) < 4.78 is 0. The molecular weight excluding hydrogens is 446 g/mol. The number of aromatic nitrogens is 1. The standard InChI is InChI=1S/C30H25N5O/c1-30(2,18-31)22-8-10-23(11-9-22)35-17-28(36)34-27-16-33-26-12-7-19(14-24(26)29(27)35)21-13-20-5-3-4-6-25(20)32-15-21/h3-16,27,29H,17H2,1-2H3,(H,34,36). The van der Waals surface area contributed by atoms with Gasteiger partial charge in [0.05, 0.1) is 41.3 Å². The van der Waals surface area contributed by atoms with E-state index in [0.717, 1.165) is 44.5 Å². The molecule has 1 fully saturated rings. The van der Waals surface area contributed by atoms with Crippen molar-refractivity contribution in [2.75, 3.05) is 11.4 Å². The SMILES string of the molecule is CC(C)(C#N)c1ccc(N2CC(=O)NC3C=Nc4ccc(-c5cnc6ccccc6c5)cc4C32)cc1. The number of hydrogen-bond donors (Lipinski definition) is 1. The summed E-state index contributed by atoms with van der Waals surface area (Å²) in [6.07, 6.45) is 3.74. The van der Waals surface area contributed by atoms with Gasteiger partial charge in [-0.25, -0.2) is 0 Å². The molecule has 0 saturated carbocycles. The number of amides is 1. The monoisotopic (exact) mass is 471 g/mol. The molecule has 0 spiro atoms. The molecule has 1 aromatic heterocycles. The number of benzene rings is 3. The Labute approximate surface area is 209 Å². The first-order chi connectivity index (χ1) is 17.4. The number of nitriles is 1. The number of hydrogen-bond acceptors (Lipinski definition) is 5. The van der Waals surface area contributed by atoms with Crippen molar-refractivity contribution in [3.05, 3.63) is 90.1 Å². The van der Waals surface area contributed by atoms with Crippen LogP contribution in [0.3, 0.4) is 0 Å². The number of rotatable bonds is 3. The Balaban J connectivity index is 1.42. The van der Waals surface area contributed by atoms with Crippen LogP contribution in [0.2, 0.25) is 0 Å². The average Bonchev–Trinajstić information content (AvgIpc) is 2.91. The largest absolute Gasteiger partial charge is 0.353 e. The molecule has 2 aliphatic rings. The summed E-state index contributed by atoms with van der Waals surface area (Å²) >= 11 is 0. The van der Waals surface area contributed by atoms with Crippen molar-refractivity contribution in [2.24, 2.45) is 4.99 Å². The smallest absolute Gasteiger partial charge is 0.240 e. The summed E-state index contributed by atoms with van der Waals surface area (Å²) in [6.45, 7) is 4.06. The van der Waals surface area contributed by atoms with Crippen molar-refractivity contribution in [1.29, 1.82) is 5.26 Å². The molecule has 1 saturated heterocycles. The lowest BCUT2D eigenvalue weighted by Crippen LogP contribution is -2.57. The van der Waals surface area contributed by atoms with Crippen molar-refractivity contribution >= 4 is 34.4 Å². The van der Waals surface area contributed by atoms with E-state index in [1.165, 1.54) is 0 Å². The molecule has 4 aromatic rings. The first-order valence-electron chi connectivity index (χ1n) is 12.0. The second-order valence-electron chi connectivity index (χ2n) is 9.92. The van der Waals surface area contributed by atoms with Gasteiger partial charge in [0, 0.05) is 34.6 Å². The minimum atomic E-state index is -0.576. The van der Waals surface area contributed by atoms with Gasteiger partial charge in [-0.2, -0.15) is 5.26 Å². The third-order valence-corrected chi connectivity index (χ3v) is 7.16. The van der Waals surface area contributed by atoms with Crippen LogP contribution in [0.1, 0.15) is 31.0 Å². The van der Waals surface area contributed by atoms with E-state index in [1.54, 1.807) is 0 Å². The summed E-state index contributed by atoms with van der Waals surface area (Å²) in [5.41, 5.74) is 6.34. The zero-order valence-corrected chi connectivity index (χ0v) is 20.1. The Hall–Kier alpha value is -4.50. The highest BCUT2D eigenvalue weighted by atomic mass is 16.2. The number of anilines is 1. The quantitative estimate of drug-likeness (QED) is 0.430. The zero-order valence-electron chi connectivity index (χ0n) is 20.1. The summed E-state index contributed by atoms with van der Waals surface area (Å²) in [6, 6.07) is 26.5. The number of para-hydroxylation sites is 1. The lowest BCUT2D eigenvalue weighted by molar-refractivity contribution is -0.121. The Morgan fingerprint density at radius 3 is 2.64 bits per heavy atom. The van der Waals surface area contributed by atoms with Crippen LogP contribution >= 0.6 is 0 Å². The molecule has 6 heteroatoms. The van der Waals surface area contributed by atoms with E-state index in [0.29, 0.717) is 0 Å². The van der Waals surface area contributed by atoms with E-state index in [-0.39, 0.29) is 24.5 Å². The number of nitrogens with one attached hydrogen (secondary N) is 1. The van der Waals surface area contributed by atoms with E-state index >= 15 is 0 Å². The Morgan fingerprint density at radius 2 is 1.83 bits per heavy atom. The van der Waals surface area contributed by atoms with Crippen LogP contribution in [0, 0.1) is 11.3 Å².